The fourth-order valence-corrected chi connectivity index (χ4v) is 4.51. The van der Waals surface area contributed by atoms with Gasteiger partial charge in [-0.15, -0.1) is 11.3 Å². The van der Waals surface area contributed by atoms with Crippen molar-refractivity contribution in [1.29, 1.82) is 0 Å². The van der Waals surface area contributed by atoms with Crippen molar-refractivity contribution in [2.45, 2.75) is 50.5 Å². The van der Waals surface area contributed by atoms with Gasteiger partial charge in [-0.3, -0.25) is 4.79 Å². The fourth-order valence-electron chi connectivity index (χ4n) is 3.21. The lowest BCUT2D eigenvalue weighted by Gasteiger charge is -2.24. The van der Waals surface area contributed by atoms with Gasteiger partial charge in [0.1, 0.15) is 0 Å². The SMILES string of the molecule is Nc1c(C(=O)C2CC2)sc(NC2CCNCC2)c1C1CC1. The van der Waals surface area contributed by atoms with Crippen molar-refractivity contribution >= 4 is 27.8 Å². The zero-order valence-corrected chi connectivity index (χ0v) is 13.1. The van der Waals surface area contributed by atoms with Crippen LogP contribution in [0, 0.1) is 5.92 Å². The molecule has 21 heavy (non-hydrogen) atoms. The lowest BCUT2D eigenvalue weighted by molar-refractivity contribution is 0.0972. The van der Waals surface area contributed by atoms with Crippen LogP contribution in [0.3, 0.4) is 0 Å². The number of thiophene rings is 1. The van der Waals surface area contributed by atoms with Gasteiger partial charge in [0.05, 0.1) is 15.6 Å². The Hall–Kier alpha value is -1.07. The van der Waals surface area contributed by atoms with E-state index < -0.39 is 0 Å². The van der Waals surface area contributed by atoms with Crippen LogP contribution in [0.2, 0.25) is 0 Å². The number of rotatable bonds is 5. The van der Waals surface area contributed by atoms with E-state index in [1.54, 1.807) is 11.3 Å². The van der Waals surface area contributed by atoms with Crippen LogP contribution in [0.5, 0.6) is 0 Å². The third kappa shape index (κ3) is 2.69. The van der Waals surface area contributed by atoms with Crippen LogP contribution >= 0.6 is 11.3 Å². The Kier molecular flexibility index (Phi) is 3.42. The average Bonchev–Trinajstić information content (AvgIpc) is 3.38. The Morgan fingerprint density at radius 3 is 2.48 bits per heavy atom. The molecule has 3 fully saturated rings. The number of Topliss-reactive ketones (excluding diaryl/α,β-unsaturated/α-hetero) is 1. The minimum Gasteiger partial charge on any atom is -0.397 e. The number of nitrogen functional groups attached to an aromatic ring is 1. The lowest BCUT2D eigenvalue weighted by Crippen LogP contribution is -2.35. The second kappa shape index (κ2) is 5.29. The minimum absolute atomic E-state index is 0.254. The predicted octanol–water partition coefficient (Wildman–Crippen LogP) is 2.96. The third-order valence-electron chi connectivity index (χ3n) is 4.82. The van der Waals surface area contributed by atoms with Gasteiger partial charge in [-0.1, -0.05) is 0 Å². The van der Waals surface area contributed by atoms with Crippen molar-refractivity contribution in [3.63, 3.8) is 0 Å². The number of hydrogen-bond acceptors (Lipinski definition) is 5. The molecule has 5 heteroatoms. The fraction of sp³-hybridized carbons (Fsp3) is 0.688. The molecule has 2 saturated carbocycles. The predicted molar refractivity (Wildman–Crippen MR) is 87.3 cm³/mol. The van der Waals surface area contributed by atoms with E-state index in [1.807, 2.05) is 0 Å². The summed E-state index contributed by atoms with van der Waals surface area (Å²) in [6.07, 6.45) is 6.83. The Morgan fingerprint density at radius 2 is 1.86 bits per heavy atom. The largest absolute Gasteiger partial charge is 0.397 e. The van der Waals surface area contributed by atoms with Gasteiger partial charge >= 0.3 is 0 Å². The van der Waals surface area contributed by atoms with Crippen LogP contribution in [0.15, 0.2) is 0 Å². The molecule has 4 nitrogen and oxygen atoms in total. The highest BCUT2D eigenvalue weighted by Crippen LogP contribution is 2.52. The van der Waals surface area contributed by atoms with Crippen LogP contribution in [0.25, 0.3) is 0 Å². The summed E-state index contributed by atoms with van der Waals surface area (Å²) in [6.45, 7) is 2.15. The molecule has 1 aliphatic heterocycles. The summed E-state index contributed by atoms with van der Waals surface area (Å²) in [5.74, 6) is 1.13. The first-order chi connectivity index (χ1) is 10.2. The maximum absolute atomic E-state index is 12.4. The first-order valence-corrected chi connectivity index (χ1v) is 8.99. The molecule has 1 aromatic heterocycles. The third-order valence-corrected chi connectivity index (χ3v) is 5.98. The number of anilines is 2. The summed E-state index contributed by atoms with van der Waals surface area (Å²) >= 11 is 1.62. The topological polar surface area (TPSA) is 67.2 Å². The van der Waals surface area contributed by atoms with E-state index in [4.69, 9.17) is 5.73 Å². The molecule has 1 saturated heterocycles. The van der Waals surface area contributed by atoms with Gasteiger partial charge in [-0.25, -0.2) is 0 Å². The van der Waals surface area contributed by atoms with Crippen molar-refractivity contribution in [3.8, 4) is 0 Å². The van der Waals surface area contributed by atoms with E-state index in [0.29, 0.717) is 12.0 Å². The molecule has 0 spiro atoms. The molecule has 0 radical (unpaired) electrons. The molecule has 4 N–H and O–H groups in total. The lowest BCUT2D eigenvalue weighted by atomic mass is 10.1. The second-order valence-electron chi connectivity index (χ2n) is 6.67. The highest BCUT2D eigenvalue weighted by molar-refractivity contribution is 7.19. The number of nitrogens with two attached hydrogens (primary N) is 1. The van der Waals surface area contributed by atoms with E-state index in [1.165, 1.54) is 23.4 Å². The summed E-state index contributed by atoms with van der Waals surface area (Å²) < 4.78 is 0. The Labute approximate surface area is 129 Å². The zero-order valence-electron chi connectivity index (χ0n) is 12.3. The highest BCUT2D eigenvalue weighted by atomic mass is 32.1. The molecule has 0 aromatic carbocycles. The van der Waals surface area contributed by atoms with E-state index in [0.717, 1.165) is 49.3 Å². The summed E-state index contributed by atoms with van der Waals surface area (Å²) in [7, 11) is 0. The molecule has 2 aliphatic carbocycles. The minimum atomic E-state index is 0.254. The van der Waals surface area contributed by atoms with Crippen LogP contribution in [-0.4, -0.2) is 24.9 Å². The van der Waals surface area contributed by atoms with Gasteiger partial charge in [-0.05, 0) is 57.5 Å². The maximum Gasteiger partial charge on any atom is 0.178 e. The number of piperidine rings is 1. The molecule has 2 heterocycles. The van der Waals surface area contributed by atoms with Gasteiger partial charge in [0.25, 0.3) is 0 Å². The molecule has 0 unspecified atom stereocenters. The first-order valence-electron chi connectivity index (χ1n) is 8.17. The van der Waals surface area contributed by atoms with Crippen LogP contribution in [-0.2, 0) is 0 Å². The Balaban J connectivity index is 1.61. The van der Waals surface area contributed by atoms with Gasteiger partial charge in [-0.2, -0.15) is 0 Å². The van der Waals surface area contributed by atoms with Gasteiger partial charge < -0.3 is 16.4 Å². The molecule has 114 valence electrons. The van der Waals surface area contributed by atoms with Gasteiger partial charge in [0, 0.05) is 17.5 Å². The highest BCUT2D eigenvalue weighted by Gasteiger charge is 2.37. The van der Waals surface area contributed by atoms with Crippen molar-refractivity contribution in [3.05, 3.63) is 10.4 Å². The van der Waals surface area contributed by atoms with Crippen LogP contribution in [0.1, 0.15) is 59.7 Å². The molecular weight excluding hydrogens is 282 g/mol. The van der Waals surface area contributed by atoms with Crippen molar-refractivity contribution in [2.24, 2.45) is 5.92 Å². The molecule has 4 rings (SSSR count). The molecule has 1 aromatic rings. The second-order valence-corrected chi connectivity index (χ2v) is 7.69. The van der Waals surface area contributed by atoms with Crippen molar-refractivity contribution < 1.29 is 4.79 Å². The number of carbonyl (C=O) groups excluding carboxylic acids is 1. The number of nitrogens with one attached hydrogen (secondary N) is 2. The molecule has 3 aliphatic rings. The van der Waals surface area contributed by atoms with Gasteiger partial charge in [0.15, 0.2) is 5.78 Å². The number of carbonyl (C=O) groups is 1. The first kappa shape index (κ1) is 13.6. The normalized spacial score (nSPS) is 23.2. The quantitative estimate of drug-likeness (QED) is 0.732. The number of hydrogen-bond donors (Lipinski definition) is 3. The standard InChI is InChI=1S/C16H23N3OS/c17-13-12(9-1-2-9)16(19-11-5-7-18-8-6-11)21-15(13)14(20)10-3-4-10/h9-11,18-19H,1-8,17H2. The summed E-state index contributed by atoms with van der Waals surface area (Å²) in [4.78, 5) is 13.3. The van der Waals surface area contributed by atoms with E-state index in [-0.39, 0.29) is 11.7 Å². The van der Waals surface area contributed by atoms with Crippen molar-refractivity contribution in [2.75, 3.05) is 24.1 Å². The number of ketones is 1. The van der Waals surface area contributed by atoms with Crippen LogP contribution in [0.4, 0.5) is 10.7 Å². The van der Waals surface area contributed by atoms with E-state index in [9.17, 15) is 4.79 Å². The summed E-state index contributed by atoms with van der Waals surface area (Å²) in [5, 5.41) is 8.27. The van der Waals surface area contributed by atoms with Crippen LogP contribution < -0.4 is 16.4 Å². The summed E-state index contributed by atoms with van der Waals surface area (Å²) in [5.41, 5.74) is 8.39. The zero-order chi connectivity index (χ0) is 14.4. The maximum atomic E-state index is 12.4. The van der Waals surface area contributed by atoms with E-state index >= 15 is 0 Å². The van der Waals surface area contributed by atoms with E-state index in [2.05, 4.69) is 10.6 Å². The monoisotopic (exact) mass is 305 g/mol. The molecule has 0 atom stereocenters. The van der Waals surface area contributed by atoms with Gasteiger partial charge in [0.2, 0.25) is 0 Å². The summed E-state index contributed by atoms with van der Waals surface area (Å²) in [6, 6.07) is 0.519. The molecule has 0 bridgehead atoms. The average molecular weight is 305 g/mol. The molecular formula is C16H23N3OS. The smallest absolute Gasteiger partial charge is 0.178 e. The Bertz CT molecular complexity index is 554. The van der Waals surface area contributed by atoms with Crippen molar-refractivity contribution in [1.82, 2.24) is 5.32 Å². The molecule has 0 amide bonds. The Morgan fingerprint density at radius 1 is 1.14 bits per heavy atom.